The maximum Gasteiger partial charge on any atom is 0.0766 e. The second kappa shape index (κ2) is 9.32. The number of nitrogens with one attached hydrogen (secondary N) is 1. The summed E-state index contributed by atoms with van der Waals surface area (Å²) in [5.41, 5.74) is -0.571. The van der Waals surface area contributed by atoms with Gasteiger partial charge in [-0.15, -0.1) is 0 Å². The van der Waals surface area contributed by atoms with Gasteiger partial charge in [0.2, 0.25) is 0 Å². The summed E-state index contributed by atoms with van der Waals surface area (Å²) in [6.07, 6.45) is 7.36. The van der Waals surface area contributed by atoms with Crippen LogP contribution in [0.4, 0.5) is 0 Å². The molecule has 0 aromatic carbocycles. The van der Waals surface area contributed by atoms with Crippen LogP contribution in [0.25, 0.3) is 0 Å². The molecule has 0 aromatic heterocycles. The van der Waals surface area contributed by atoms with Crippen molar-refractivity contribution in [2.24, 2.45) is 5.92 Å². The van der Waals surface area contributed by atoms with Crippen molar-refractivity contribution in [3.05, 3.63) is 0 Å². The van der Waals surface area contributed by atoms with Crippen molar-refractivity contribution in [2.45, 2.75) is 52.1 Å². The van der Waals surface area contributed by atoms with E-state index < -0.39 is 5.60 Å². The van der Waals surface area contributed by atoms with Crippen LogP contribution < -0.4 is 5.32 Å². The average molecular weight is 247 g/mol. The molecule has 0 aliphatic heterocycles. The summed E-state index contributed by atoms with van der Waals surface area (Å²) >= 11 is 1.93. The quantitative estimate of drug-likeness (QED) is 0.582. The van der Waals surface area contributed by atoms with E-state index in [4.69, 9.17) is 0 Å². The SMILES string of the molecule is CSCCCCCCNCC(C)(O)C(C)C. The Kier molecular flexibility index (Phi) is 9.47. The molecule has 0 aromatic rings. The highest BCUT2D eigenvalue weighted by Crippen LogP contribution is 2.14. The van der Waals surface area contributed by atoms with Crippen molar-refractivity contribution >= 4 is 11.8 Å². The predicted octanol–water partition coefficient (Wildman–Crippen LogP) is 2.91. The first-order valence-corrected chi connectivity index (χ1v) is 7.82. The molecule has 1 atom stereocenters. The Hall–Kier alpha value is 0.270. The minimum atomic E-state index is -0.571. The third-order valence-corrected chi connectivity index (χ3v) is 3.88. The molecular formula is C13H29NOS. The number of rotatable bonds is 10. The molecule has 0 saturated heterocycles. The number of thioether (sulfide) groups is 1. The van der Waals surface area contributed by atoms with Gasteiger partial charge in [-0.3, -0.25) is 0 Å². The fourth-order valence-electron chi connectivity index (χ4n) is 1.40. The van der Waals surface area contributed by atoms with Crippen LogP contribution in [0, 0.1) is 5.92 Å². The number of aliphatic hydroxyl groups is 1. The van der Waals surface area contributed by atoms with Crippen LogP contribution in [0.5, 0.6) is 0 Å². The van der Waals surface area contributed by atoms with Gasteiger partial charge in [0, 0.05) is 6.54 Å². The molecule has 0 spiro atoms. The molecule has 2 N–H and O–H groups in total. The molecular weight excluding hydrogens is 218 g/mol. The predicted molar refractivity (Wildman–Crippen MR) is 75.2 cm³/mol. The van der Waals surface area contributed by atoms with E-state index in [1.165, 1.54) is 31.4 Å². The van der Waals surface area contributed by atoms with Gasteiger partial charge in [-0.2, -0.15) is 11.8 Å². The minimum Gasteiger partial charge on any atom is -0.389 e. The summed E-state index contributed by atoms with van der Waals surface area (Å²) in [6, 6.07) is 0. The van der Waals surface area contributed by atoms with Gasteiger partial charge in [-0.1, -0.05) is 26.7 Å². The van der Waals surface area contributed by atoms with Crippen LogP contribution in [0.2, 0.25) is 0 Å². The molecule has 2 nitrogen and oxygen atoms in total. The first-order chi connectivity index (χ1) is 7.50. The maximum absolute atomic E-state index is 10.00. The Morgan fingerprint density at radius 2 is 1.81 bits per heavy atom. The second-order valence-corrected chi connectivity index (χ2v) is 6.08. The molecule has 0 radical (unpaired) electrons. The summed E-state index contributed by atoms with van der Waals surface area (Å²) in [7, 11) is 0. The molecule has 0 saturated carbocycles. The van der Waals surface area contributed by atoms with E-state index in [2.05, 4.69) is 25.4 Å². The van der Waals surface area contributed by atoms with Gasteiger partial charge in [0.15, 0.2) is 0 Å². The zero-order valence-electron chi connectivity index (χ0n) is 11.4. The van der Waals surface area contributed by atoms with E-state index in [1.807, 2.05) is 18.7 Å². The smallest absolute Gasteiger partial charge is 0.0766 e. The molecule has 1 unspecified atom stereocenters. The Morgan fingerprint density at radius 1 is 1.19 bits per heavy atom. The number of hydrogen-bond donors (Lipinski definition) is 2. The highest BCUT2D eigenvalue weighted by atomic mass is 32.2. The lowest BCUT2D eigenvalue weighted by Gasteiger charge is -2.27. The van der Waals surface area contributed by atoms with Crippen LogP contribution in [-0.2, 0) is 0 Å². The van der Waals surface area contributed by atoms with Crippen LogP contribution in [-0.4, -0.2) is 35.8 Å². The van der Waals surface area contributed by atoms with E-state index in [1.54, 1.807) is 0 Å². The topological polar surface area (TPSA) is 32.3 Å². The van der Waals surface area contributed by atoms with Crippen molar-refractivity contribution in [1.82, 2.24) is 5.32 Å². The Balaban J connectivity index is 3.27. The third kappa shape index (κ3) is 8.43. The van der Waals surface area contributed by atoms with Crippen LogP contribution in [0.1, 0.15) is 46.5 Å². The van der Waals surface area contributed by atoms with E-state index in [9.17, 15) is 5.11 Å². The highest BCUT2D eigenvalue weighted by molar-refractivity contribution is 7.98. The summed E-state index contributed by atoms with van der Waals surface area (Å²) in [4.78, 5) is 0. The van der Waals surface area contributed by atoms with E-state index >= 15 is 0 Å². The molecule has 0 rings (SSSR count). The first-order valence-electron chi connectivity index (χ1n) is 6.42. The second-order valence-electron chi connectivity index (χ2n) is 5.10. The normalized spacial score (nSPS) is 15.4. The van der Waals surface area contributed by atoms with Gasteiger partial charge in [-0.05, 0) is 44.2 Å². The summed E-state index contributed by atoms with van der Waals surface area (Å²) < 4.78 is 0. The van der Waals surface area contributed by atoms with Crippen LogP contribution in [0.15, 0.2) is 0 Å². The third-order valence-electron chi connectivity index (χ3n) is 3.18. The molecule has 0 amide bonds. The van der Waals surface area contributed by atoms with Crippen LogP contribution >= 0.6 is 11.8 Å². The lowest BCUT2D eigenvalue weighted by molar-refractivity contribution is 0.0143. The van der Waals surface area contributed by atoms with Crippen molar-refractivity contribution < 1.29 is 5.11 Å². The standard InChI is InChI=1S/C13H29NOS/c1-12(2)13(3,15)11-14-9-7-5-6-8-10-16-4/h12,14-15H,5-11H2,1-4H3. The highest BCUT2D eigenvalue weighted by Gasteiger charge is 2.23. The number of unbranched alkanes of at least 4 members (excludes halogenated alkanes) is 3. The largest absolute Gasteiger partial charge is 0.389 e. The molecule has 16 heavy (non-hydrogen) atoms. The Labute approximate surface area is 106 Å². The monoisotopic (exact) mass is 247 g/mol. The summed E-state index contributed by atoms with van der Waals surface area (Å²) in [5, 5.41) is 13.3. The van der Waals surface area contributed by atoms with Gasteiger partial charge in [0.25, 0.3) is 0 Å². The summed E-state index contributed by atoms with van der Waals surface area (Å²) in [6.45, 7) is 7.76. The number of hydrogen-bond acceptors (Lipinski definition) is 3. The van der Waals surface area contributed by atoms with Crippen molar-refractivity contribution in [3.63, 3.8) is 0 Å². The summed E-state index contributed by atoms with van der Waals surface area (Å²) in [5.74, 6) is 1.59. The molecule has 0 fully saturated rings. The molecule has 3 heteroatoms. The van der Waals surface area contributed by atoms with Gasteiger partial charge < -0.3 is 10.4 Å². The maximum atomic E-state index is 10.00. The fourth-order valence-corrected chi connectivity index (χ4v) is 1.89. The van der Waals surface area contributed by atoms with Gasteiger partial charge in [-0.25, -0.2) is 0 Å². The Morgan fingerprint density at radius 3 is 2.38 bits per heavy atom. The fraction of sp³-hybridized carbons (Fsp3) is 1.00. The molecule has 98 valence electrons. The zero-order chi connectivity index (χ0) is 12.4. The van der Waals surface area contributed by atoms with Crippen LogP contribution in [0.3, 0.4) is 0 Å². The van der Waals surface area contributed by atoms with Gasteiger partial charge in [0.05, 0.1) is 5.60 Å². The molecule has 0 heterocycles. The molecule has 0 aliphatic rings. The molecule has 0 aliphatic carbocycles. The van der Waals surface area contributed by atoms with Crippen molar-refractivity contribution in [1.29, 1.82) is 0 Å². The lowest BCUT2D eigenvalue weighted by atomic mass is 9.92. The van der Waals surface area contributed by atoms with Crippen molar-refractivity contribution in [3.8, 4) is 0 Å². The first kappa shape index (κ1) is 16.3. The molecule has 0 bridgehead atoms. The van der Waals surface area contributed by atoms with E-state index in [0.29, 0.717) is 12.5 Å². The van der Waals surface area contributed by atoms with E-state index in [0.717, 1.165) is 6.54 Å². The van der Waals surface area contributed by atoms with Crippen molar-refractivity contribution in [2.75, 3.05) is 25.1 Å². The van der Waals surface area contributed by atoms with E-state index in [-0.39, 0.29) is 0 Å². The minimum absolute atomic E-state index is 0.307. The zero-order valence-corrected chi connectivity index (χ0v) is 12.2. The lowest BCUT2D eigenvalue weighted by Crippen LogP contribution is -2.42. The Bertz CT molecular complexity index is 160. The van der Waals surface area contributed by atoms with Gasteiger partial charge >= 0.3 is 0 Å². The van der Waals surface area contributed by atoms with Gasteiger partial charge in [0.1, 0.15) is 0 Å². The average Bonchev–Trinajstić information content (AvgIpc) is 2.21.